The van der Waals surface area contributed by atoms with Gasteiger partial charge in [0.05, 0.1) is 30.1 Å². The fraction of sp³-hybridized carbons (Fsp3) is 0.500. The summed E-state index contributed by atoms with van der Waals surface area (Å²) in [6.07, 6.45) is 1.56. The lowest BCUT2D eigenvalue weighted by Crippen LogP contribution is -2.56. The van der Waals surface area contributed by atoms with Crippen molar-refractivity contribution in [2.24, 2.45) is 11.8 Å². The number of likely N-dealkylation sites (tertiary alicyclic amines) is 1. The van der Waals surface area contributed by atoms with Gasteiger partial charge in [-0.25, -0.2) is 0 Å². The largest absolute Gasteiger partial charge is 0.394 e. The predicted octanol–water partition coefficient (Wildman–Crippen LogP) is 2.06. The monoisotopic (exact) mass is 465 g/mol. The number of aliphatic hydroxyl groups is 1. The van der Waals surface area contributed by atoms with Crippen LogP contribution >= 0.6 is 0 Å². The van der Waals surface area contributed by atoms with E-state index in [1.54, 1.807) is 7.05 Å². The number of ether oxygens (including phenoxy) is 1. The summed E-state index contributed by atoms with van der Waals surface area (Å²) in [4.78, 5) is 42.1. The van der Waals surface area contributed by atoms with E-state index in [1.165, 1.54) is 4.90 Å². The molecule has 1 spiro atoms. The molecule has 8 nitrogen and oxygen atoms in total. The van der Waals surface area contributed by atoms with Gasteiger partial charge in [0, 0.05) is 12.7 Å². The van der Waals surface area contributed by atoms with Crippen LogP contribution in [0, 0.1) is 11.8 Å². The molecule has 5 rings (SSSR count). The van der Waals surface area contributed by atoms with Gasteiger partial charge in [0.25, 0.3) is 0 Å². The summed E-state index contributed by atoms with van der Waals surface area (Å²) < 4.78 is 6.52. The molecule has 3 heterocycles. The van der Waals surface area contributed by atoms with Crippen molar-refractivity contribution in [2.45, 2.75) is 56.4 Å². The molecule has 0 aliphatic carbocycles. The Morgan fingerprint density at radius 3 is 2.59 bits per heavy atom. The van der Waals surface area contributed by atoms with E-state index in [2.05, 4.69) is 10.6 Å². The maximum atomic E-state index is 13.9. The number of hydrogen-bond donors (Lipinski definition) is 3. The van der Waals surface area contributed by atoms with Gasteiger partial charge in [0.15, 0.2) is 0 Å². The third-order valence-corrected chi connectivity index (χ3v) is 8.08. The number of benzene rings is 2. The Morgan fingerprint density at radius 2 is 1.91 bits per heavy atom. The minimum Gasteiger partial charge on any atom is -0.394 e. The zero-order valence-corrected chi connectivity index (χ0v) is 19.7. The molecule has 3 N–H and O–H groups in total. The van der Waals surface area contributed by atoms with E-state index in [-0.39, 0.29) is 24.3 Å². The topological polar surface area (TPSA) is 108 Å². The number of nitrogens with one attached hydrogen (secondary N) is 2. The number of nitrogens with zero attached hydrogens (tertiary/aromatic N) is 1. The highest BCUT2D eigenvalue weighted by Crippen LogP contribution is 2.63. The number of fused-ring (bicyclic) bond motifs is 2. The number of rotatable bonds is 6. The second-order valence-electron chi connectivity index (χ2n) is 9.88. The third kappa shape index (κ3) is 3.08. The van der Waals surface area contributed by atoms with E-state index in [0.29, 0.717) is 24.9 Å². The average Bonchev–Trinajstić information content (AvgIpc) is 3.40. The predicted molar refractivity (Wildman–Crippen MR) is 127 cm³/mol. The Labute approximate surface area is 198 Å². The molecular formula is C26H31N3O5. The molecule has 3 saturated heterocycles. The Bertz CT molecular complexity index is 1160. The van der Waals surface area contributed by atoms with Crippen LogP contribution < -0.4 is 10.6 Å². The molecule has 3 amide bonds. The minimum absolute atomic E-state index is 0.255. The fourth-order valence-corrected chi connectivity index (χ4v) is 6.50. The molecule has 2 aromatic carbocycles. The number of anilines is 1. The van der Waals surface area contributed by atoms with Crippen LogP contribution in [0.4, 0.5) is 5.69 Å². The maximum absolute atomic E-state index is 13.9. The van der Waals surface area contributed by atoms with Gasteiger partial charge < -0.3 is 25.4 Å². The first-order valence-corrected chi connectivity index (χ1v) is 11.9. The molecule has 8 heteroatoms. The summed E-state index contributed by atoms with van der Waals surface area (Å²) in [7, 11) is 1.55. The average molecular weight is 466 g/mol. The summed E-state index contributed by atoms with van der Waals surface area (Å²) in [6.45, 7) is 3.46. The van der Waals surface area contributed by atoms with Crippen molar-refractivity contribution in [3.8, 4) is 0 Å². The Morgan fingerprint density at radius 1 is 1.18 bits per heavy atom. The number of hydrogen-bond acceptors (Lipinski definition) is 5. The molecule has 0 aromatic heterocycles. The number of carbonyl (C=O) groups is 3. The second kappa shape index (κ2) is 8.06. The van der Waals surface area contributed by atoms with Gasteiger partial charge in [-0.15, -0.1) is 0 Å². The summed E-state index contributed by atoms with van der Waals surface area (Å²) in [5, 5.41) is 17.8. The second-order valence-corrected chi connectivity index (χ2v) is 9.88. The molecule has 2 aromatic rings. The van der Waals surface area contributed by atoms with E-state index in [9.17, 15) is 19.5 Å². The van der Waals surface area contributed by atoms with Crippen molar-refractivity contribution >= 4 is 34.2 Å². The zero-order chi connectivity index (χ0) is 24.3. The van der Waals surface area contributed by atoms with Crippen LogP contribution in [-0.4, -0.2) is 64.7 Å². The Balaban J connectivity index is 1.56. The molecule has 2 unspecified atom stereocenters. The lowest BCUT2D eigenvalue weighted by Gasteiger charge is -2.36. The van der Waals surface area contributed by atoms with Crippen molar-refractivity contribution in [3.05, 3.63) is 42.5 Å². The standard InChI is InChI=1S/C26H31N3O5/c1-4-18(14-30)29-21(23(32)28-17-10-9-15-7-5-6-8-16(15)13-17)26-12-11-25(2,34-26)19(22(31)27-3)20(26)24(29)33/h5-10,13,18-21,30H,4,11-12,14H2,1-3H3,(H,27,31)(H,28,32)/t18-,19-,20-,21?,25+,26?/m0/s1. The SMILES string of the molecule is CC[C@@H](CO)N1C(=O)[C@@H]2[C@@H](C(=O)NC)[C@@]3(C)CCC2(O3)C1C(=O)Nc1ccc2ccccc2c1. The van der Waals surface area contributed by atoms with Gasteiger partial charge in [-0.05, 0) is 49.1 Å². The van der Waals surface area contributed by atoms with Gasteiger partial charge in [-0.3, -0.25) is 14.4 Å². The maximum Gasteiger partial charge on any atom is 0.250 e. The van der Waals surface area contributed by atoms with E-state index >= 15 is 0 Å². The van der Waals surface area contributed by atoms with Gasteiger partial charge in [0.1, 0.15) is 11.6 Å². The van der Waals surface area contributed by atoms with Crippen LogP contribution in [0.5, 0.6) is 0 Å². The molecule has 3 aliphatic rings. The number of amides is 3. The van der Waals surface area contributed by atoms with Gasteiger partial charge in [0.2, 0.25) is 17.7 Å². The van der Waals surface area contributed by atoms with Crippen molar-refractivity contribution in [1.29, 1.82) is 0 Å². The van der Waals surface area contributed by atoms with Crippen LogP contribution in [0.25, 0.3) is 10.8 Å². The molecule has 3 aliphatic heterocycles. The molecule has 3 fully saturated rings. The molecule has 2 bridgehead atoms. The molecular weight excluding hydrogens is 434 g/mol. The number of aliphatic hydroxyl groups excluding tert-OH is 1. The lowest BCUT2D eigenvalue weighted by molar-refractivity contribution is -0.147. The molecule has 180 valence electrons. The smallest absolute Gasteiger partial charge is 0.250 e. The van der Waals surface area contributed by atoms with E-state index in [1.807, 2.05) is 56.3 Å². The third-order valence-electron chi connectivity index (χ3n) is 8.08. The summed E-state index contributed by atoms with van der Waals surface area (Å²) >= 11 is 0. The van der Waals surface area contributed by atoms with Crippen LogP contribution in [0.2, 0.25) is 0 Å². The summed E-state index contributed by atoms with van der Waals surface area (Å²) in [5.41, 5.74) is -1.30. The normalized spacial score (nSPS) is 32.6. The van der Waals surface area contributed by atoms with Crippen molar-refractivity contribution in [1.82, 2.24) is 10.2 Å². The van der Waals surface area contributed by atoms with Crippen LogP contribution in [-0.2, 0) is 19.1 Å². The summed E-state index contributed by atoms with van der Waals surface area (Å²) in [6, 6.07) is 12.1. The van der Waals surface area contributed by atoms with E-state index in [0.717, 1.165) is 10.8 Å². The highest BCUT2D eigenvalue weighted by atomic mass is 16.5. The van der Waals surface area contributed by atoms with Crippen molar-refractivity contribution in [3.63, 3.8) is 0 Å². The Hall–Kier alpha value is -2.97. The van der Waals surface area contributed by atoms with Crippen molar-refractivity contribution < 1.29 is 24.2 Å². The van der Waals surface area contributed by atoms with Gasteiger partial charge in [-0.2, -0.15) is 0 Å². The van der Waals surface area contributed by atoms with Crippen molar-refractivity contribution in [2.75, 3.05) is 19.0 Å². The first-order chi connectivity index (χ1) is 16.3. The fourth-order valence-electron chi connectivity index (χ4n) is 6.50. The minimum atomic E-state index is -1.10. The van der Waals surface area contributed by atoms with E-state index in [4.69, 9.17) is 4.74 Å². The van der Waals surface area contributed by atoms with Crippen LogP contribution in [0.15, 0.2) is 42.5 Å². The zero-order valence-electron chi connectivity index (χ0n) is 19.7. The summed E-state index contributed by atoms with van der Waals surface area (Å²) in [5.74, 6) is -2.36. The number of carbonyl (C=O) groups excluding carboxylic acids is 3. The van der Waals surface area contributed by atoms with E-state index < -0.39 is 35.1 Å². The molecule has 0 radical (unpaired) electrons. The quantitative estimate of drug-likeness (QED) is 0.605. The van der Waals surface area contributed by atoms with Crippen LogP contribution in [0.1, 0.15) is 33.1 Å². The van der Waals surface area contributed by atoms with Gasteiger partial charge in [-0.1, -0.05) is 37.3 Å². The van der Waals surface area contributed by atoms with Crippen LogP contribution in [0.3, 0.4) is 0 Å². The molecule has 34 heavy (non-hydrogen) atoms. The Kier molecular flexibility index (Phi) is 5.41. The molecule has 6 atom stereocenters. The van der Waals surface area contributed by atoms with Gasteiger partial charge >= 0.3 is 0 Å². The molecule has 0 saturated carbocycles. The highest BCUT2D eigenvalue weighted by molar-refractivity contribution is 6.04. The lowest BCUT2D eigenvalue weighted by atomic mass is 9.66. The first kappa shape index (κ1) is 22.8. The first-order valence-electron chi connectivity index (χ1n) is 11.9. The highest BCUT2D eigenvalue weighted by Gasteiger charge is 2.78.